The number of fused-ring (bicyclic) bond motifs is 1. The third-order valence-corrected chi connectivity index (χ3v) is 4.05. The summed E-state index contributed by atoms with van der Waals surface area (Å²) in [6.07, 6.45) is 1.83. The normalized spacial score (nSPS) is 10.8. The number of carbonyl (C=O) groups excluding carboxylic acids is 1. The molecule has 4 rings (SSSR count). The SMILES string of the molecule is Cc1ccc(-c2ccc3[nH]nc(C(=O)Nc4ccccc4)c3c2)cn1. The van der Waals surface area contributed by atoms with Crippen LogP contribution in [0.1, 0.15) is 16.2 Å². The van der Waals surface area contributed by atoms with Gasteiger partial charge in [-0.1, -0.05) is 30.3 Å². The maximum absolute atomic E-state index is 12.6. The lowest BCUT2D eigenvalue weighted by atomic mass is 10.0. The Morgan fingerprint density at radius 2 is 1.80 bits per heavy atom. The topological polar surface area (TPSA) is 70.7 Å². The van der Waals surface area contributed by atoms with Crippen molar-refractivity contribution in [2.45, 2.75) is 6.92 Å². The van der Waals surface area contributed by atoms with E-state index in [2.05, 4.69) is 20.5 Å². The van der Waals surface area contributed by atoms with Crippen LogP contribution in [0.4, 0.5) is 5.69 Å². The smallest absolute Gasteiger partial charge is 0.276 e. The Bertz CT molecular complexity index is 1040. The number of nitrogens with zero attached hydrogens (tertiary/aromatic N) is 2. The summed E-state index contributed by atoms with van der Waals surface area (Å²) in [6, 6.07) is 19.2. The fraction of sp³-hybridized carbons (Fsp3) is 0.0500. The number of H-pyrrole nitrogens is 1. The summed E-state index contributed by atoms with van der Waals surface area (Å²) in [6.45, 7) is 1.95. The molecule has 0 fully saturated rings. The van der Waals surface area contributed by atoms with Crippen LogP contribution in [-0.2, 0) is 0 Å². The first-order valence-electron chi connectivity index (χ1n) is 7.98. The van der Waals surface area contributed by atoms with Gasteiger partial charge in [0, 0.05) is 28.5 Å². The van der Waals surface area contributed by atoms with Gasteiger partial charge in [-0.2, -0.15) is 5.10 Å². The molecule has 2 aromatic heterocycles. The summed E-state index contributed by atoms with van der Waals surface area (Å²) >= 11 is 0. The molecular weight excluding hydrogens is 312 g/mol. The number of rotatable bonds is 3. The molecule has 0 unspecified atom stereocenters. The Hall–Kier alpha value is -3.47. The van der Waals surface area contributed by atoms with Gasteiger partial charge in [-0.15, -0.1) is 0 Å². The Balaban J connectivity index is 1.71. The van der Waals surface area contributed by atoms with Crippen molar-refractivity contribution in [3.8, 4) is 11.1 Å². The monoisotopic (exact) mass is 328 g/mol. The lowest BCUT2D eigenvalue weighted by molar-refractivity contribution is 0.102. The molecule has 2 N–H and O–H groups in total. The number of aryl methyl sites for hydroxylation is 1. The highest BCUT2D eigenvalue weighted by molar-refractivity contribution is 6.11. The Kier molecular flexibility index (Phi) is 3.74. The quantitative estimate of drug-likeness (QED) is 0.592. The van der Waals surface area contributed by atoms with Crippen molar-refractivity contribution in [2.75, 3.05) is 5.32 Å². The van der Waals surface area contributed by atoms with E-state index in [-0.39, 0.29) is 5.91 Å². The minimum atomic E-state index is -0.239. The molecule has 5 nitrogen and oxygen atoms in total. The van der Waals surface area contributed by atoms with Crippen LogP contribution in [0.15, 0.2) is 66.9 Å². The summed E-state index contributed by atoms with van der Waals surface area (Å²) in [5.41, 5.74) is 4.90. The number of benzene rings is 2. The summed E-state index contributed by atoms with van der Waals surface area (Å²) in [5, 5.41) is 10.8. The van der Waals surface area contributed by atoms with E-state index < -0.39 is 0 Å². The Morgan fingerprint density at radius 1 is 1.00 bits per heavy atom. The predicted octanol–water partition coefficient (Wildman–Crippen LogP) is 4.19. The zero-order valence-electron chi connectivity index (χ0n) is 13.7. The van der Waals surface area contributed by atoms with Gasteiger partial charge in [0.15, 0.2) is 5.69 Å². The number of hydrogen-bond donors (Lipinski definition) is 2. The summed E-state index contributed by atoms with van der Waals surface area (Å²) in [7, 11) is 0. The average Bonchev–Trinajstić information content (AvgIpc) is 3.06. The second-order valence-electron chi connectivity index (χ2n) is 5.84. The van der Waals surface area contributed by atoms with Gasteiger partial charge in [0.05, 0.1) is 5.52 Å². The molecule has 0 spiro atoms. The fourth-order valence-corrected chi connectivity index (χ4v) is 2.72. The molecule has 0 bridgehead atoms. The van der Waals surface area contributed by atoms with Crippen LogP contribution in [0, 0.1) is 6.92 Å². The molecule has 2 heterocycles. The second-order valence-corrected chi connectivity index (χ2v) is 5.84. The summed E-state index contributed by atoms with van der Waals surface area (Å²) in [4.78, 5) is 16.9. The van der Waals surface area contributed by atoms with Gasteiger partial charge in [-0.3, -0.25) is 14.9 Å². The number of hydrogen-bond acceptors (Lipinski definition) is 3. The molecule has 4 aromatic rings. The van der Waals surface area contributed by atoms with Crippen LogP contribution >= 0.6 is 0 Å². The number of para-hydroxylation sites is 1. The average molecular weight is 328 g/mol. The van der Waals surface area contributed by atoms with E-state index in [1.165, 1.54) is 0 Å². The van der Waals surface area contributed by atoms with Crippen molar-refractivity contribution >= 4 is 22.5 Å². The van der Waals surface area contributed by atoms with Gasteiger partial charge < -0.3 is 5.32 Å². The van der Waals surface area contributed by atoms with Crippen molar-refractivity contribution in [3.63, 3.8) is 0 Å². The third kappa shape index (κ3) is 2.99. The van der Waals surface area contributed by atoms with Gasteiger partial charge in [-0.25, -0.2) is 0 Å². The third-order valence-electron chi connectivity index (χ3n) is 4.05. The van der Waals surface area contributed by atoms with Crippen molar-refractivity contribution < 1.29 is 4.79 Å². The molecule has 2 aromatic carbocycles. The van der Waals surface area contributed by atoms with E-state index in [1.54, 1.807) is 0 Å². The first-order valence-corrected chi connectivity index (χ1v) is 7.98. The van der Waals surface area contributed by atoms with Gasteiger partial charge >= 0.3 is 0 Å². The summed E-state index contributed by atoms with van der Waals surface area (Å²) in [5.74, 6) is -0.239. The largest absolute Gasteiger partial charge is 0.321 e. The number of anilines is 1. The number of pyridine rings is 1. The maximum Gasteiger partial charge on any atom is 0.276 e. The van der Waals surface area contributed by atoms with Crippen LogP contribution in [0.2, 0.25) is 0 Å². The number of amides is 1. The molecule has 0 aliphatic heterocycles. The Labute approximate surface area is 144 Å². The van der Waals surface area contributed by atoms with Crippen molar-refractivity contribution in [1.82, 2.24) is 15.2 Å². The zero-order chi connectivity index (χ0) is 17.2. The first-order chi connectivity index (χ1) is 12.2. The number of nitrogens with one attached hydrogen (secondary N) is 2. The van der Waals surface area contributed by atoms with E-state index in [0.29, 0.717) is 5.69 Å². The van der Waals surface area contributed by atoms with Crippen LogP contribution in [0.25, 0.3) is 22.0 Å². The molecule has 0 atom stereocenters. The van der Waals surface area contributed by atoms with Crippen LogP contribution in [-0.4, -0.2) is 21.1 Å². The van der Waals surface area contributed by atoms with Crippen LogP contribution in [0.5, 0.6) is 0 Å². The molecule has 0 aliphatic rings. The van der Waals surface area contributed by atoms with E-state index in [4.69, 9.17) is 0 Å². The summed E-state index contributed by atoms with van der Waals surface area (Å²) < 4.78 is 0. The maximum atomic E-state index is 12.6. The zero-order valence-corrected chi connectivity index (χ0v) is 13.7. The van der Waals surface area contributed by atoms with Crippen molar-refractivity contribution in [3.05, 3.63) is 78.2 Å². The molecule has 0 aliphatic carbocycles. The number of carbonyl (C=O) groups is 1. The van der Waals surface area contributed by atoms with Crippen molar-refractivity contribution in [1.29, 1.82) is 0 Å². The minimum absolute atomic E-state index is 0.239. The number of aromatic amines is 1. The van der Waals surface area contributed by atoms with E-state index >= 15 is 0 Å². The second kappa shape index (κ2) is 6.20. The van der Waals surface area contributed by atoms with Gasteiger partial charge in [0.25, 0.3) is 5.91 Å². The van der Waals surface area contributed by atoms with Crippen LogP contribution in [0.3, 0.4) is 0 Å². The highest BCUT2D eigenvalue weighted by Gasteiger charge is 2.15. The minimum Gasteiger partial charge on any atom is -0.321 e. The molecule has 0 saturated carbocycles. The number of aromatic nitrogens is 3. The molecular formula is C20H16N4O. The molecule has 25 heavy (non-hydrogen) atoms. The van der Waals surface area contributed by atoms with Crippen LogP contribution < -0.4 is 5.32 Å². The fourth-order valence-electron chi connectivity index (χ4n) is 2.72. The van der Waals surface area contributed by atoms with E-state index in [1.807, 2.05) is 73.8 Å². The molecule has 0 radical (unpaired) electrons. The first kappa shape index (κ1) is 15.1. The van der Waals surface area contributed by atoms with Gasteiger partial charge in [0.2, 0.25) is 0 Å². The lowest BCUT2D eigenvalue weighted by Crippen LogP contribution is -2.12. The highest BCUT2D eigenvalue weighted by atomic mass is 16.1. The van der Waals surface area contributed by atoms with Gasteiger partial charge in [0.1, 0.15) is 0 Å². The molecule has 122 valence electrons. The van der Waals surface area contributed by atoms with E-state index in [9.17, 15) is 4.79 Å². The lowest BCUT2D eigenvalue weighted by Gasteiger charge is -2.04. The predicted molar refractivity (Wildman–Crippen MR) is 98.5 cm³/mol. The van der Waals surface area contributed by atoms with Gasteiger partial charge in [-0.05, 0) is 42.8 Å². The molecule has 1 amide bonds. The standard InChI is InChI=1S/C20H16N4O/c1-13-7-8-15(12-21-13)14-9-10-18-17(11-14)19(24-23-18)20(25)22-16-5-3-2-4-6-16/h2-12H,1H3,(H,22,25)(H,23,24). The van der Waals surface area contributed by atoms with Crippen molar-refractivity contribution in [2.24, 2.45) is 0 Å². The highest BCUT2D eigenvalue weighted by Crippen LogP contribution is 2.25. The Morgan fingerprint density at radius 3 is 2.56 bits per heavy atom. The molecule has 0 saturated heterocycles. The molecule has 5 heteroatoms. The van der Waals surface area contributed by atoms with E-state index in [0.717, 1.165) is 33.4 Å².